The summed E-state index contributed by atoms with van der Waals surface area (Å²) < 4.78 is 0.993. The second-order valence-electron chi connectivity index (χ2n) is 4.86. The topological polar surface area (TPSA) is 32.3 Å². The summed E-state index contributed by atoms with van der Waals surface area (Å²) in [5.74, 6) is 0.114. The van der Waals surface area contributed by atoms with E-state index < -0.39 is 0 Å². The first-order valence-electron chi connectivity index (χ1n) is 6.33. The fourth-order valence-electron chi connectivity index (χ4n) is 2.29. The van der Waals surface area contributed by atoms with Gasteiger partial charge in [0.1, 0.15) is 0 Å². The summed E-state index contributed by atoms with van der Waals surface area (Å²) in [6.45, 7) is 4.02. The Morgan fingerprint density at radius 2 is 2.06 bits per heavy atom. The number of rotatable bonds is 2. The lowest BCUT2D eigenvalue weighted by Gasteiger charge is -2.31. The average Bonchev–Trinajstić information content (AvgIpc) is 2.41. The molecule has 0 radical (unpaired) electrons. The van der Waals surface area contributed by atoms with Gasteiger partial charge in [0.05, 0.1) is 0 Å². The molecule has 1 aromatic rings. The molecule has 1 aliphatic heterocycles. The molecule has 1 aliphatic rings. The molecule has 1 saturated heterocycles. The summed E-state index contributed by atoms with van der Waals surface area (Å²) in [5.41, 5.74) is 1.91. The van der Waals surface area contributed by atoms with Crippen LogP contribution in [-0.4, -0.2) is 37.0 Å². The molecule has 0 atom stereocenters. The molecule has 1 heterocycles. The largest absolute Gasteiger partial charge is 0.339 e. The zero-order chi connectivity index (χ0) is 13.1. The van der Waals surface area contributed by atoms with E-state index in [1.807, 2.05) is 37.1 Å². The molecular weight excluding hydrogens is 292 g/mol. The summed E-state index contributed by atoms with van der Waals surface area (Å²) in [5, 5.41) is 3.32. The fraction of sp³-hybridized carbons (Fsp3) is 0.500. The lowest BCUT2D eigenvalue weighted by molar-refractivity contribution is 0.0703. The quantitative estimate of drug-likeness (QED) is 0.910. The van der Waals surface area contributed by atoms with E-state index in [9.17, 15) is 4.79 Å². The zero-order valence-electron chi connectivity index (χ0n) is 10.9. The van der Waals surface area contributed by atoms with Gasteiger partial charge < -0.3 is 10.2 Å². The maximum atomic E-state index is 12.4. The van der Waals surface area contributed by atoms with Gasteiger partial charge in [0.2, 0.25) is 0 Å². The molecule has 1 amide bonds. The first-order chi connectivity index (χ1) is 8.59. The predicted molar refractivity (Wildman–Crippen MR) is 76.9 cm³/mol. The highest BCUT2D eigenvalue weighted by atomic mass is 79.9. The van der Waals surface area contributed by atoms with E-state index in [1.54, 1.807) is 0 Å². The van der Waals surface area contributed by atoms with Crippen LogP contribution in [0.4, 0.5) is 0 Å². The summed E-state index contributed by atoms with van der Waals surface area (Å²) in [6, 6.07) is 6.15. The van der Waals surface area contributed by atoms with Crippen molar-refractivity contribution < 1.29 is 4.79 Å². The van der Waals surface area contributed by atoms with Crippen LogP contribution in [0.1, 0.15) is 28.8 Å². The van der Waals surface area contributed by atoms with Crippen LogP contribution in [0.5, 0.6) is 0 Å². The molecule has 98 valence electrons. The van der Waals surface area contributed by atoms with Crippen LogP contribution in [-0.2, 0) is 0 Å². The smallest absolute Gasteiger partial charge is 0.253 e. The van der Waals surface area contributed by atoms with Crippen LogP contribution in [0.25, 0.3) is 0 Å². The van der Waals surface area contributed by atoms with Crippen molar-refractivity contribution in [2.75, 3.05) is 20.1 Å². The maximum Gasteiger partial charge on any atom is 0.253 e. The van der Waals surface area contributed by atoms with Crippen molar-refractivity contribution in [1.82, 2.24) is 10.2 Å². The second kappa shape index (κ2) is 5.85. The van der Waals surface area contributed by atoms with E-state index in [0.717, 1.165) is 41.5 Å². The number of hydrogen-bond donors (Lipinski definition) is 1. The molecule has 1 fully saturated rings. The van der Waals surface area contributed by atoms with Crippen molar-refractivity contribution in [2.45, 2.75) is 25.8 Å². The van der Waals surface area contributed by atoms with Gasteiger partial charge in [-0.1, -0.05) is 22.0 Å². The Bertz CT molecular complexity index is 441. The standard InChI is InChI=1S/C14H19BrN2O/c1-10-3-4-11(9-13(10)15)14(18)17(2)12-5-7-16-8-6-12/h3-4,9,12,16H,5-8H2,1-2H3. The number of halogens is 1. The van der Waals surface area contributed by atoms with Crippen molar-refractivity contribution in [3.8, 4) is 0 Å². The number of carbonyl (C=O) groups excluding carboxylic acids is 1. The van der Waals surface area contributed by atoms with Gasteiger partial charge >= 0.3 is 0 Å². The third kappa shape index (κ3) is 2.93. The summed E-state index contributed by atoms with van der Waals surface area (Å²) in [6.07, 6.45) is 2.07. The molecule has 0 saturated carbocycles. The number of nitrogens with zero attached hydrogens (tertiary/aromatic N) is 1. The molecule has 0 aromatic heterocycles. The minimum Gasteiger partial charge on any atom is -0.339 e. The number of amides is 1. The van der Waals surface area contributed by atoms with Crippen LogP contribution >= 0.6 is 15.9 Å². The highest BCUT2D eigenvalue weighted by Gasteiger charge is 2.22. The predicted octanol–water partition coefficient (Wildman–Crippen LogP) is 2.58. The van der Waals surface area contributed by atoms with Gasteiger partial charge in [-0.2, -0.15) is 0 Å². The summed E-state index contributed by atoms with van der Waals surface area (Å²) >= 11 is 3.48. The Balaban J connectivity index is 2.11. The second-order valence-corrected chi connectivity index (χ2v) is 5.72. The van der Waals surface area contributed by atoms with Gasteiger partial charge in [-0.25, -0.2) is 0 Å². The van der Waals surface area contributed by atoms with E-state index in [2.05, 4.69) is 21.2 Å². The summed E-state index contributed by atoms with van der Waals surface area (Å²) in [4.78, 5) is 14.3. The van der Waals surface area contributed by atoms with E-state index >= 15 is 0 Å². The van der Waals surface area contributed by atoms with Crippen molar-refractivity contribution in [3.05, 3.63) is 33.8 Å². The molecule has 4 heteroatoms. The molecule has 0 spiro atoms. The van der Waals surface area contributed by atoms with Crippen molar-refractivity contribution >= 4 is 21.8 Å². The maximum absolute atomic E-state index is 12.4. The molecule has 0 unspecified atom stereocenters. The molecule has 2 rings (SSSR count). The lowest BCUT2D eigenvalue weighted by Crippen LogP contribution is -2.43. The number of nitrogens with one attached hydrogen (secondary N) is 1. The van der Waals surface area contributed by atoms with Gasteiger partial charge in [-0.3, -0.25) is 4.79 Å². The first-order valence-corrected chi connectivity index (χ1v) is 7.13. The molecule has 18 heavy (non-hydrogen) atoms. The molecule has 1 N–H and O–H groups in total. The molecule has 1 aromatic carbocycles. The summed E-state index contributed by atoms with van der Waals surface area (Å²) in [7, 11) is 1.91. The van der Waals surface area contributed by atoms with E-state index in [4.69, 9.17) is 0 Å². The Morgan fingerprint density at radius 1 is 1.39 bits per heavy atom. The van der Waals surface area contributed by atoms with Crippen LogP contribution < -0.4 is 5.32 Å². The van der Waals surface area contributed by atoms with Gasteiger partial charge in [-0.15, -0.1) is 0 Å². The number of benzene rings is 1. The highest BCUT2D eigenvalue weighted by Crippen LogP contribution is 2.20. The van der Waals surface area contributed by atoms with Crippen LogP contribution in [0.15, 0.2) is 22.7 Å². The van der Waals surface area contributed by atoms with Gasteiger partial charge in [0, 0.05) is 23.1 Å². The molecule has 0 aliphatic carbocycles. The van der Waals surface area contributed by atoms with Gasteiger partial charge in [0.25, 0.3) is 5.91 Å². The third-order valence-corrected chi connectivity index (χ3v) is 4.45. The SMILES string of the molecule is Cc1ccc(C(=O)N(C)C2CCNCC2)cc1Br. The number of hydrogen-bond acceptors (Lipinski definition) is 2. The Hall–Kier alpha value is -0.870. The van der Waals surface area contributed by atoms with Gasteiger partial charge in [0.15, 0.2) is 0 Å². The zero-order valence-corrected chi connectivity index (χ0v) is 12.5. The lowest BCUT2D eigenvalue weighted by atomic mass is 10.0. The average molecular weight is 311 g/mol. The van der Waals surface area contributed by atoms with E-state index in [-0.39, 0.29) is 5.91 Å². The van der Waals surface area contributed by atoms with Crippen molar-refractivity contribution in [1.29, 1.82) is 0 Å². The number of aryl methyl sites for hydroxylation is 1. The van der Waals surface area contributed by atoms with Crippen LogP contribution in [0, 0.1) is 6.92 Å². The van der Waals surface area contributed by atoms with E-state index in [0.29, 0.717) is 6.04 Å². The highest BCUT2D eigenvalue weighted by molar-refractivity contribution is 9.10. The van der Waals surface area contributed by atoms with Crippen molar-refractivity contribution in [2.24, 2.45) is 0 Å². The number of piperidine rings is 1. The van der Waals surface area contributed by atoms with Gasteiger partial charge in [-0.05, 0) is 50.6 Å². The molecule has 3 nitrogen and oxygen atoms in total. The molecular formula is C14H19BrN2O. The normalized spacial score (nSPS) is 16.6. The minimum atomic E-state index is 0.114. The Morgan fingerprint density at radius 3 is 2.67 bits per heavy atom. The monoisotopic (exact) mass is 310 g/mol. The third-order valence-electron chi connectivity index (χ3n) is 3.60. The minimum absolute atomic E-state index is 0.114. The first kappa shape index (κ1) is 13.6. The Labute approximate surface area is 117 Å². The van der Waals surface area contributed by atoms with Crippen LogP contribution in [0.3, 0.4) is 0 Å². The van der Waals surface area contributed by atoms with Crippen molar-refractivity contribution in [3.63, 3.8) is 0 Å². The van der Waals surface area contributed by atoms with Crippen LogP contribution in [0.2, 0.25) is 0 Å². The molecule has 0 bridgehead atoms. The Kier molecular flexibility index (Phi) is 4.40. The fourth-order valence-corrected chi connectivity index (χ4v) is 2.67. The van der Waals surface area contributed by atoms with E-state index in [1.165, 1.54) is 0 Å². The number of carbonyl (C=O) groups is 1.